The second-order valence-corrected chi connectivity index (χ2v) is 4.15. The summed E-state index contributed by atoms with van der Waals surface area (Å²) in [5.41, 5.74) is 1.09. The summed E-state index contributed by atoms with van der Waals surface area (Å²) in [5.74, 6) is 1.66. The molecule has 88 valence electrons. The first-order valence-corrected chi connectivity index (χ1v) is 5.54. The van der Waals surface area contributed by atoms with E-state index in [1.54, 1.807) is 0 Å². The maximum Gasteiger partial charge on any atom is 0.231 e. The maximum absolute atomic E-state index is 5.31. The molecule has 1 aromatic carbocycles. The van der Waals surface area contributed by atoms with E-state index in [1.807, 2.05) is 18.2 Å². The molecule has 4 nitrogen and oxygen atoms in total. The summed E-state index contributed by atoms with van der Waals surface area (Å²) in [6.45, 7) is 2.40. The number of nitrogens with zero attached hydrogens (tertiary/aromatic N) is 1. The molecule has 0 aromatic heterocycles. The van der Waals surface area contributed by atoms with Gasteiger partial charge in [-0.3, -0.25) is 0 Å². The van der Waals surface area contributed by atoms with Crippen molar-refractivity contribution < 1.29 is 9.47 Å². The Labute approximate surface area is 96.2 Å². The third kappa shape index (κ3) is 2.79. The molecule has 0 fully saturated rings. The van der Waals surface area contributed by atoms with Crippen molar-refractivity contribution in [2.45, 2.75) is 6.42 Å². The summed E-state index contributed by atoms with van der Waals surface area (Å²) < 4.78 is 10.6. The average Bonchev–Trinajstić information content (AvgIpc) is 2.71. The Morgan fingerprint density at radius 3 is 2.88 bits per heavy atom. The molecule has 2 rings (SSSR count). The van der Waals surface area contributed by atoms with Crippen molar-refractivity contribution in [2.75, 3.05) is 39.3 Å². The predicted molar refractivity (Wildman–Crippen MR) is 64.2 cm³/mol. The fourth-order valence-corrected chi connectivity index (χ4v) is 1.63. The molecule has 0 aliphatic carbocycles. The van der Waals surface area contributed by atoms with E-state index in [0.29, 0.717) is 6.79 Å². The number of hydrogen-bond acceptors (Lipinski definition) is 4. The second-order valence-electron chi connectivity index (χ2n) is 4.15. The second kappa shape index (κ2) is 5.07. The predicted octanol–water partition coefficient (Wildman–Crippen LogP) is 1.78. The Morgan fingerprint density at radius 1 is 1.25 bits per heavy atom. The van der Waals surface area contributed by atoms with E-state index >= 15 is 0 Å². The van der Waals surface area contributed by atoms with Crippen molar-refractivity contribution in [1.82, 2.24) is 4.90 Å². The molecule has 0 bridgehead atoms. The highest BCUT2D eigenvalue weighted by atomic mass is 16.7. The molecule has 0 radical (unpaired) electrons. The standard InChI is InChI=1S/C12H18N2O2/c1-14(2)7-3-6-13-10-4-5-11-12(8-10)16-9-15-11/h4-5,8,13H,3,6-7,9H2,1-2H3. The number of hydrogen-bond donors (Lipinski definition) is 1. The highest BCUT2D eigenvalue weighted by Crippen LogP contribution is 2.34. The number of rotatable bonds is 5. The average molecular weight is 222 g/mol. The molecule has 1 N–H and O–H groups in total. The van der Waals surface area contributed by atoms with E-state index in [4.69, 9.17) is 9.47 Å². The fourth-order valence-electron chi connectivity index (χ4n) is 1.63. The van der Waals surface area contributed by atoms with E-state index in [0.717, 1.165) is 36.7 Å². The molecule has 0 saturated heterocycles. The van der Waals surface area contributed by atoms with Gasteiger partial charge in [0.15, 0.2) is 11.5 Å². The van der Waals surface area contributed by atoms with Gasteiger partial charge in [0.25, 0.3) is 0 Å². The smallest absolute Gasteiger partial charge is 0.231 e. The van der Waals surface area contributed by atoms with Crippen LogP contribution in [-0.2, 0) is 0 Å². The van der Waals surface area contributed by atoms with Crippen LogP contribution in [0.2, 0.25) is 0 Å². The zero-order valence-corrected chi connectivity index (χ0v) is 9.82. The first-order valence-electron chi connectivity index (χ1n) is 5.54. The molecule has 0 unspecified atom stereocenters. The van der Waals surface area contributed by atoms with Gasteiger partial charge < -0.3 is 19.7 Å². The van der Waals surface area contributed by atoms with E-state index in [9.17, 15) is 0 Å². The number of anilines is 1. The lowest BCUT2D eigenvalue weighted by Gasteiger charge is -2.10. The van der Waals surface area contributed by atoms with Crippen LogP contribution < -0.4 is 14.8 Å². The summed E-state index contributed by atoms with van der Waals surface area (Å²) in [5, 5.41) is 3.37. The van der Waals surface area contributed by atoms with Crippen molar-refractivity contribution in [3.63, 3.8) is 0 Å². The lowest BCUT2D eigenvalue weighted by Crippen LogP contribution is -2.16. The van der Waals surface area contributed by atoms with Crippen molar-refractivity contribution in [3.05, 3.63) is 18.2 Å². The van der Waals surface area contributed by atoms with Crippen molar-refractivity contribution in [2.24, 2.45) is 0 Å². The first kappa shape index (κ1) is 11.1. The minimum absolute atomic E-state index is 0.333. The molecule has 0 amide bonds. The maximum atomic E-state index is 5.31. The Kier molecular flexibility index (Phi) is 3.51. The van der Waals surface area contributed by atoms with Crippen LogP contribution in [0.5, 0.6) is 11.5 Å². The topological polar surface area (TPSA) is 33.7 Å². The lowest BCUT2D eigenvalue weighted by molar-refractivity contribution is 0.174. The van der Waals surface area contributed by atoms with Crippen LogP contribution >= 0.6 is 0 Å². The molecule has 1 aliphatic rings. The molecule has 4 heteroatoms. The van der Waals surface area contributed by atoms with Gasteiger partial charge in [0.2, 0.25) is 6.79 Å². The molecule has 0 saturated carbocycles. The number of nitrogens with one attached hydrogen (secondary N) is 1. The molecular weight excluding hydrogens is 204 g/mol. The number of ether oxygens (including phenoxy) is 2. The normalized spacial score (nSPS) is 13.2. The monoisotopic (exact) mass is 222 g/mol. The van der Waals surface area contributed by atoms with Crippen LogP contribution in [0.25, 0.3) is 0 Å². The van der Waals surface area contributed by atoms with Gasteiger partial charge in [-0.25, -0.2) is 0 Å². The van der Waals surface area contributed by atoms with Gasteiger partial charge >= 0.3 is 0 Å². The number of fused-ring (bicyclic) bond motifs is 1. The summed E-state index contributed by atoms with van der Waals surface area (Å²) >= 11 is 0. The van der Waals surface area contributed by atoms with E-state index in [-0.39, 0.29) is 0 Å². The Hall–Kier alpha value is -1.42. The van der Waals surface area contributed by atoms with Gasteiger partial charge in [-0.15, -0.1) is 0 Å². The fraction of sp³-hybridized carbons (Fsp3) is 0.500. The molecular formula is C12H18N2O2. The van der Waals surface area contributed by atoms with Crippen LogP contribution in [0.1, 0.15) is 6.42 Å². The first-order chi connectivity index (χ1) is 7.75. The molecule has 1 aromatic rings. The largest absolute Gasteiger partial charge is 0.454 e. The molecule has 0 spiro atoms. The van der Waals surface area contributed by atoms with Crippen LogP contribution in [-0.4, -0.2) is 38.9 Å². The molecule has 1 aliphatic heterocycles. The van der Waals surface area contributed by atoms with Crippen LogP contribution in [0, 0.1) is 0 Å². The minimum Gasteiger partial charge on any atom is -0.454 e. The van der Waals surface area contributed by atoms with Crippen LogP contribution in [0.15, 0.2) is 18.2 Å². The Balaban J connectivity index is 1.81. The quantitative estimate of drug-likeness (QED) is 0.770. The van der Waals surface area contributed by atoms with E-state index in [2.05, 4.69) is 24.3 Å². The summed E-state index contributed by atoms with van der Waals surface area (Å²) in [7, 11) is 4.17. The van der Waals surface area contributed by atoms with Gasteiger partial charge in [0, 0.05) is 18.3 Å². The lowest BCUT2D eigenvalue weighted by atomic mass is 10.2. The van der Waals surface area contributed by atoms with Gasteiger partial charge in [-0.2, -0.15) is 0 Å². The summed E-state index contributed by atoms with van der Waals surface area (Å²) in [6.07, 6.45) is 1.13. The zero-order chi connectivity index (χ0) is 11.4. The molecule has 0 atom stereocenters. The van der Waals surface area contributed by atoms with Gasteiger partial charge in [-0.05, 0) is 39.2 Å². The zero-order valence-electron chi connectivity index (χ0n) is 9.82. The van der Waals surface area contributed by atoms with Crippen LogP contribution in [0.4, 0.5) is 5.69 Å². The third-order valence-corrected chi connectivity index (χ3v) is 2.48. The van der Waals surface area contributed by atoms with Gasteiger partial charge in [0.1, 0.15) is 0 Å². The minimum atomic E-state index is 0.333. The summed E-state index contributed by atoms with van der Waals surface area (Å²) in [6, 6.07) is 5.94. The summed E-state index contributed by atoms with van der Waals surface area (Å²) in [4.78, 5) is 2.18. The number of benzene rings is 1. The van der Waals surface area contributed by atoms with Crippen molar-refractivity contribution >= 4 is 5.69 Å². The molecule has 16 heavy (non-hydrogen) atoms. The van der Waals surface area contributed by atoms with E-state index < -0.39 is 0 Å². The Morgan fingerprint density at radius 2 is 2.06 bits per heavy atom. The van der Waals surface area contributed by atoms with Crippen molar-refractivity contribution in [1.29, 1.82) is 0 Å². The van der Waals surface area contributed by atoms with Crippen LogP contribution in [0.3, 0.4) is 0 Å². The van der Waals surface area contributed by atoms with E-state index in [1.165, 1.54) is 0 Å². The third-order valence-electron chi connectivity index (χ3n) is 2.48. The van der Waals surface area contributed by atoms with Crippen molar-refractivity contribution in [3.8, 4) is 11.5 Å². The SMILES string of the molecule is CN(C)CCCNc1ccc2c(c1)OCO2. The highest BCUT2D eigenvalue weighted by Gasteiger charge is 2.12. The molecule has 1 heterocycles. The highest BCUT2D eigenvalue weighted by molar-refractivity contribution is 5.55. The Bertz CT molecular complexity index is 353. The van der Waals surface area contributed by atoms with Gasteiger partial charge in [0.05, 0.1) is 0 Å². The van der Waals surface area contributed by atoms with Gasteiger partial charge in [-0.1, -0.05) is 0 Å².